The molecule has 3 rings (SSSR count). The summed E-state index contributed by atoms with van der Waals surface area (Å²) in [6.45, 7) is 1.87. The molecular weight excluding hydrogens is 396 g/mol. The number of carbonyl (C=O) groups excluding carboxylic acids is 1. The highest BCUT2D eigenvalue weighted by atomic mass is 79.9. The van der Waals surface area contributed by atoms with Gasteiger partial charge in [-0.2, -0.15) is 5.10 Å². The predicted octanol–water partition coefficient (Wildman–Crippen LogP) is 2.14. The second-order valence-corrected chi connectivity index (χ2v) is 6.19. The van der Waals surface area contributed by atoms with E-state index >= 15 is 0 Å². The van der Waals surface area contributed by atoms with Crippen LogP contribution >= 0.6 is 15.9 Å². The van der Waals surface area contributed by atoms with Gasteiger partial charge in [-0.25, -0.2) is 9.78 Å². The minimum absolute atomic E-state index is 0.0960. The fourth-order valence-corrected chi connectivity index (χ4v) is 2.88. The smallest absolute Gasteiger partial charge is 0.323 e. The van der Waals surface area contributed by atoms with Crippen molar-refractivity contribution in [1.29, 1.82) is 0 Å². The van der Waals surface area contributed by atoms with Gasteiger partial charge in [0, 0.05) is 18.7 Å². The number of nitro groups is 1. The molecule has 0 fully saturated rings. The average molecular weight is 411 g/mol. The van der Waals surface area contributed by atoms with E-state index < -0.39 is 11.0 Å². The fourth-order valence-electron chi connectivity index (χ4n) is 2.57. The van der Waals surface area contributed by atoms with Gasteiger partial charge in [0.1, 0.15) is 4.60 Å². The lowest BCUT2D eigenvalue weighted by molar-refractivity contribution is -0.384. The van der Waals surface area contributed by atoms with Gasteiger partial charge in [0.15, 0.2) is 0 Å². The van der Waals surface area contributed by atoms with Crippen molar-refractivity contribution >= 4 is 33.5 Å². The summed E-state index contributed by atoms with van der Waals surface area (Å²) >= 11 is 3.15. The molecule has 3 heterocycles. The van der Waals surface area contributed by atoms with E-state index in [2.05, 4.69) is 31.3 Å². The maximum Gasteiger partial charge on any atom is 0.323 e. The Hall–Kier alpha value is -2.53. The monoisotopic (exact) mass is 410 g/mol. The lowest BCUT2D eigenvalue weighted by Crippen LogP contribution is -2.31. The number of amides is 2. The van der Waals surface area contributed by atoms with Crippen LogP contribution in [0.25, 0.3) is 0 Å². The minimum Gasteiger partial charge on any atom is -0.383 e. The molecule has 2 amide bonds. The van der Waals surface area contributed by atoms with Gasteiger partial charge >= 0.3 is 11.7 Å². The molecule has 1 aliphatic heterocycles. The van der Waals surface area contributed by atoms with Gasteiger partial charge in [-0.05, 0) is 22.0 Å². The van der Waals surface area contributed by atoms with Gasteiger partial charge in [0.2, 0.25) is 5.82 Å². The van der Waals surface area contributed by atoms with E-state index in [1.54, 1.807) is 22.9 Å². The van der Waals surface area contributed by atoms with E-state index in [1.165, 1.54) is 12.1 Å². The molecule has 0 bridgehead atoms. The lowest BCUT2D eigenvalue weighted by Gasteiger charge is -2.16. The van der Waals surface area contributed by atoms with Crippen molar-refractivity contribution in [2.45, 2.75) is 19.6 Å². The van der Waals surface area contributed by atoms with Crippen LogP contribution in [0.3, 0.4) is 0 Å². The lowest BCUT2D eigenvalue weighted by atomic mass is 10.3. The summed E-state index contributed by atoms with van der Waals surface area (Å²) in [6, 6.07) is 2.28. The highest BCUT2D eigenvalue weighted by Crippen LogP contribution is 2.27. The Morgan fingerprint density at radius 1 is 1.48 bits per heavy atom. The second-order valence-electron chi connectivity index (χ2n) is 5.38. The Balaban J connectivity index is 1.72. The largest absolute Gasteiger partial charge is 0.383 e. The Labute approximate surface area is 151 Å². The molecule has 11 heteroatoms. The van der Waals surface area contributed by atoms with Crippen molar-refractivity contribution < 1.29 is 14.5 Å². The van der Waals surface area contributed by atoms with Gasteiger partial charge in [0.05, 0.1) is 43.1 Å². The summed E-state index contributed by atoms with van der Waals surface area (Å²) in [7, 11) is 1.61. The molecule has 132 valence electrons. The molecule has 2 aromatic heterocycles. The number of methoxy groups -OCH3 is 1. The van der Waals surface area contributed by atoms with E-state index in [0.29, 0.717) is 30.8 Å². The third-order valence-electron chi connectivity index (χ3n) is 3.79. The number of anilines is 1. The molecule has 0 atom stereocenters. The number of carbonyl (C=O) groups is 1. The molecule has 0 radical (unpaired) electrons. The first kappa shape index (κ1) is 17.3. The van der Waals surface area contributed by atoms with Crippen LogP contribution in [0, 0.1) is 10.1 Å². The average Bonchev–Trinajstić information content (AvgIpc) is 3.13. The van der Waals surface area contributed by atoms with Crippen LogP contribution in [-0.4, -0.2) is 44.3 Å². The third kappa shape index (κ3) is 3.61. The van der Waals surface area contributed by atoms with Crippen LogP contribution in [0.5, 0.6) is 0 Å². The zero-order valence-corrected chi connectivity index (χ0v) is 14.9. The first-order valence-electron chi connectivity index (χ1n) is 7.39. The number of aromatic nitrogens is 3. The van der Waals surface area contributed by atoms with Gasteiger partial charge in [-0.15, -0.1) is 0 Å². The SMILES string of the molecule is COCCn1ncc2c1CN(C(=O)Nc1nc(Br)ccc1[N+](=O)[O-])C2. The molecule has 25 heavy (non-hydrogen) atoms. The maximum atomic E-state index is 12.5. The van der Waals surface area contributed by atoms with Crippen LogP contribution in [-0.2, 0) is 24.4 Å². The quantitative estimate of drug-likeness (QED) is 0.458. The number of ether oxygens (including phenoxy) is 1. The molecule has 0 saturated heterocycles. The van der Waals surface area contributed by atoms with E-state index in [1.807, 2.05) is 0 Å². The zero-order valence-electron chi connectivity index (χ0n) is 13.3. The molecule has 0 saturated carbocycles. The van der Waals surface area contributed by atoms with Gasteiger partial charge in [0.25, 0.3) is 0 Å². The summed E-state index contributed by atoms with van der Waals surface area (Å²) in [5.41, 5.74) is 1.62. The molecule has 2 aromatic rings. The summed E-state index contributed by atoms with van der Waals surface area (Å²) in [5, 5.41) is 17.9. The minimum atomic E-state index is -0.587. The van der Waals surface area contributed by atoms with Crippen molar-refractivity contribution in [2.75, 3.05) is 19.0 Å². The van der Waals surface area contributed by atoms with Crippen LogP contribution < -0.4 is 5.32 Å². The number of hydrogen-bond acceptors (Lipinski definition) is 6. The molecule has 0 aromatic carbocycles. The van der Waals surface area contributed by atoms with Gasteiger partial charge in [-0.1, -0.05) is 0 Å². The van der Waals surface area contributed by atoms with Gasteiger partial charge in [-0.3, -0.25) is 20.1 Å². The van der Waals surface area contributed by atoms with Crippen LogP contribution in [0.1, 0.15) is 11.3 Å². The highest BCUT2D eigenvalue weighted by Gasteiger charge is 2.28. The molecule has 10 nitrogen and oxygen atoms in total. The number of pyridine rings is 1. The van der Waals surface area contributed by atoms with Gasteiger partial charge < -0.3 is 9.64 Å². The summed E-state index contributed by atoms with van der Waals surface area (Å²) < 4.78 is 7.24. The van der Waals surface area contributed by atoms with E-state index in [4.69, 9.17) is 4.74 Å². The van der Waals surface area contributed by atoms with Crippen LogP contribution in [0.4, 0.5) is 16.3 Å². The molecule has 0 unspecified atom stereocenters. The molecule has 1 aliphatic rings. The fraction of sp³-hybridized carbons (Fsp3) is 0.357. The number of fused-ring (bicyclic) bond motifs is 1. The molecule has 1 N–H and O–H groups in total. The Bertz CT molecular complexity index is 824. The number of rotatable bonds is 5. The van der Waals surface area contributed by atoms with Crippen molar-refractivity contribution in [2.24, 2.45) is 0 Å². The normalized spacial score (nSPS) is 13.0. The van der Waals surface area contributed by atoms with E-state index in [-0.39, 0.29) is 11.5 Å². The van der Waals surface area contributed by atoms with Crippen molar-refractivity contribution in [3.05, 3.63) is 44.3 Å². The van der Waals surface area contributed by atoms with E-state index in [0.717, 1.165) is 11.3 Å². The molecule has 0 spiro atoms. The Morgan fingerprint density at radius 2 is 2.28 bits per heavy atom. The standard InChI is InChI=1S/C14H15BrN6O4/c1-25-5-4-20-11-8-19(7-9(11)6-16-20)14(22)18-13-10(21(23)24)2-3-12(15)17-13/h2-3,6H,4-5,7-8H2,1H3,(H,17,18,22). The molecular formula is C14H15BrN6O4. The highest BCUT2D eigenvalue weighted by molar-refractivity contribution is 9.10. The summed E-state index contributed by atoms with van der Waals surface area (Å²) in [6.07, 6.45) is 1.72. The third-order valence-corrected chi connectivity index (χ3v) is 4.24. The summed E-state index contributed by atoms with van der Waals surface area (Å²) in [5.74, 6) is -0.0960. The number of nitrogens with one attached hydrogen (secondary N) is 1. The van der Waals surface area contributed by atoms with Crippen LogP contribution in [0.2, 0.25) is 0 Å². The maximum absolute atomic E-state index is 12.5. The van der Waals surface area contributed by atoms with Crippen molar-refractivity contribution in [1.82, 2.24) is 19.7 Å². The number of halogens is 1. The van der Waals surface area contributed by atoms with E-state index in [9.17, 15) is 14.9 Å². The number of nitrogens with zero attached hydrogens (tertiary/aromatic N) is 5. The van der Waals surface area contributed by atoms with Crippen molar-refractivity contribution in [3.8, 4) is 0 Å². The number of hydrogen-bond donors (Lipinski definition) is 1. The second kappa shape index (κ2) is 7.15. The molecule has 0 aliphatic carbocycles. The first-order chi connectivity index (χ1) is 12.0. The number of urea groups is 1. The first-order valence-corrected chi connectivity index (χ1v) is 8.18. The summed E-state index contributed by atoms with van der Waals surface area (Å²) in [4.78, 5) is 28.5. The Morgan fingerprint density at radius 3 is 3.00 bits per heavy atom. The van der Waals surface area contributed by atoms with Crippen LogP contribution in [0.15, 0.2) is 22.9 Å². The Kier molecular flexibility index (Phi) is 4.95. The zero-order chi connectivity index (χ0) is 18.0. The topological polar surface area (TPSA) is 115 Å². The predicted molar refractivity (Wildman–Crippen MR) is 91.0 cm³/mol. The van der Waals surface area contributed by atoms with Crippen molar-refractivity contribution in [3.63, 3.8) is 0 Å².